The molecule has 0 fully saturated rings. The van der Waals surface area contributed by atoms with Gasteiger partial charge in [-0.05, 0) is 53.3 Å². The van der Waals surface area contributed by atoms with Crippen LogP contribution in [-0.2, 0) is 11.2 Å². The standard InChI is InChI=1S/C25H21FN4O2S/c26-19-5-1-3-16(13-19)8-11-29-25-20(22(24(27)32)17-4-2-10-28-14-17)6-7-21(30-25)23-18(15-31)9-12-33-23/h1-7,9-10,12-15,22H,8,11H2,(H2,27,32)(H,29,30). The number of primary amides is 1. The van der Waals surface area contributed by atoms with E-state index in [1.54, 1.807) is 48.8 Å². The van der Waals surface area contributed by atoms with Gasteiger partial charge in [0, 0.05) is 30.1 Å². The molecule has 0 radical (unpaired) electrons. The number of aromatic nitrogens is 2. The van der Waals surface area contributed by atoms with Gasteiger partial charge in [-0.3, -0.25) is 14.6 Å². The second kappa shape index (κ2) is 10.1. The topological polar surface area (TPSA) is 98.0 Å². The van der Waals surface area contributed by atoms with Crippen LogP contribution in [0.3, 0.4) is 0 Å². The molecule has 0 bridgehead atoms. The number of nitrogens with zero attached hydrogens (tertiary/aromatic N) is 2. The Kier molecular flexibility index (Phi) is 6.85. The van der Waals surface area contributed by atoms with E-state index in [9.17, 15) is 14.0 Å². The van der Waals surface area contributed by atoms with Crippen LogP contribution in [0.15, 0.2) is 72.4 Å². The Labute approximate surface area is 194 Å². The van der Waals surface area contributed by atoms with Crippen LogP contribution in [-0.4, -0.2) is 28.7 Å². The van der Waals surface area contributed by atoms with Crippen molar-refractivity contribution in [3.05, 3.63) is 100 Å². The zero-order chi connectivity index (χ0) is 23.2. The average Bonchev–Trinajstić information content (AvgIpc) is 3.30. The first-order valence-electron chi connectivity index (χ1n) is 10.3. The zero-order valence-corrected chi connectivity index (χ0v) is 18.4. The number of nitrogens with two attached hydrogens (primary N) is 1. The highest BCUT2D eigenvalue weighted by Crippen LogP contribution is 2.34. The Morgan fingerprint density at radius 1 is 1.18 bits per heavy atom. The first-order chi connectivity index (χ1) is 16.1. The molecule has 6 nitrogen and oxygen atoms in total. The second-order valence-corrected chi connectivity index (χ2v) is 8.30. The van der Waals surface area contributed by atoms with Gasteiger partial charge in [-0.25, -0.2) is 9.37 Å². The number of thiophene rings is 1. The van der Waals surface area contributed by atoms with Gasteiger partial charge in [0.2, 0.25) is 5.91 Å². The maximum Gasteiger partial charge on any atom is 0.229 e. The summed E-state index contributed by atoms with van der Waals surface area (Å²) >= 11 is 1.41. The van der Waals surface area contributed by atoms with E-state index in [1.807, 2.05) is 11.4 Å². The molecule has 1 atom stereocenters. The Bertz CT molecular complexity index is 1280. The average molecular weight is 461 g/mol. The summed E-state index contributed by atoms with van der Waals surface area (Å²) < 4.78 is 13.5. The van der Waals surface area contributed by atoms with Gasteiger partial charge in [-0.15, -0.1) is 11.3 Å². The van der Waals surface area contributed by atoms with Crippen molar-refractivity contribution in [1.29, 1.82) is 0 Å². The molecule has 33 heavy (non-hydrogen) atoms. The third-order valence-electron chi connectivity index (χ3n) is 5.19. The van der Waals surface area contributed by atoms with Crippen molar-refractivity contribution in [2.24, 2.45) is 5.73 Å². The van der Waals surface area contributed by atoms with Crippen LogP contribution < -0.4 is 11.1 Å². The molecular weight excluding hydrogens is 439 g/mol. The van der Waals surface area contributed by atoms with Crippen molar-refractivity contribution < 1.29 is 14.0 Å². The van der Waals surface area contributed by atoms with Crippen LogP contribution in [0.5, 0.6) is 0 Å². The Hall–Kier alpha value is -3.91. The van der Waals surface area contributed by atoms with Crippen molar-refractivity contribution in [3.8, 4) is 10.6 Å². The van der Waals surface area contributed by atoms with Crippen LogP contribution in [0.4, 0.5) is 10.2 Å². The number of benzene rings is 1. The number of rotatable bonds is 9. The molecule has 0 saturated carbocycles. The number of carbonyl (C=O) groups is 2. The Morgan fingerprint density at radius 2 is 2.06 bits per heavy atom. The number of pyridine rings is 2. The summed E-state index contributed by atoms with van der Waals surface area (Å²) in [5, 5.41) is 5.11. The minimum atomic E-state index is -0.759. The molecule has 3 heterocycles. The van der Waals surface area contributed by atoms with E-state index in [1.165, 1.54) is 23.5 Å². The molecule has 3 N–H and O–H groups in total. The van der Waals surface area contributed by atoms with Crippen molar-refractivity contribution in [1.82, 2.24) is 9.97 Å². The molecule has 0 aliphatic heterocycles. The van der Waals surface area contributed by atoms with E-state index in [2.05, 4.69) is 10.3 Å². The summed E-state index contributed by atoms with van der Waals surface area (Å²) in [7, 11) is 0. The van der Waals surface area contributed by atoms with Crippen molar-refractivity contribution in [2.75, 3.05) is 11.9 Å². The van der Waals surface area contributed by atoms with Crippen LogP contribution in [0, 0.1) is 5.82 Å². The number of aldehydes is 1. The molecule has 0 spiro atoms. The van der Waals surface area contributed by atoms with Crippen molar-refractivity contribution in [3.63, 3.8) is 0 Å². The molecule has 4 aromatic rings. The molecule has 8 heteroatoms. The van der Waals surface area contributed by atoms with Crippen molar-refractivity contribution in [2.45, 2.75) is 12.3 Å². The zero-order valence-electron chi connectivity index (χ0n) is 17.6. The summed E-state index contributed by atoms with van der Waals surface area (Å²) in [6.45, 7) is 0.455. The number of amides is 1. The first kappa shape index (κ1) is 22.3. The molecule has 0 aliphatic rings. The summed E-state index contributed by atoms with van der Waals surface area (Å²) in [4.78, 5) is 33.5. The number of halogens is 1. The summed E-state index contributed by atoms with van der Waals surface area (Å²) in [5.74, 6) is -1.11. The lowest BCUT2D eigenvalue weighted by Gasteiger charge is -2.19. The molecule has 1 unspecified atom stereocenters. The van der Waals surface area contributed by atoms with E-state index in [0.717, 1.165) is 16.7 Å². The lowest BCUT2D eigenvalue weighted by Crippen LogP contribution is -2.24. The van der Waals surface area contributed by atoms with Gasteiger partial charge >= 0.3 is 0 Å². The Balaban J connectivity index is 1.71. The van der Waals surface area contributed by atoms with Gasteiger partial charge in [0.15, 0.2) is 6.29 Å². The molecule has 4 rings (SSSR count). The summed E-state index contributed by atoms with van der Waals surface area (Å²) in [6, 6.07) is 15.2. The molecule has 0 aliphatic carbocycles. The summed E-state index contributed by atoms with van der Waals surface area (Å²) in [5.41, 5.74) is 9.02. The van der Waals surface area contributed by atoms with Gasteiger partial charge < -0.3 is 11.1 Å². The monoisotopic (exact) mass is 460 g/mol. The van der Waals surface area contributed by atoms with E-state index >= 15 is 0 Å². The number of hydrogen-bond donors (Lipinski definition) is 2. The number of hydrogen-bond acceptors (Lipinski definition) is 6. The first-order valence-corrected chi connectivity index (χ1v) is 11.2. The highest BCUT2D eigenvalue weighted by Gasteiger charge is 2.25. The van der Waals surface area contributed by atoms with Gasteiger partial charge in [0.25, 0.3) is 0 Å². The van der Waals surface area contributed by atoms with Gasteiger partial charge in [-0.1, -0.05) is 24.3 Å². The Morgan fingerprint density at radius 3 is 2.79 bits per heavy atom. The normalized spacial score (nSPS) is 11.7. The molecule has 1 amide bonds. The third kappa shape index (κ3) is 5.12. The lowest BCUT2D eigenvalue weighted by molar-refractivity contribution is -0.118. The number of nitrogens with one attached hydrogen (secondary N) is 1. The maximum atomic E-state index is 13.5. The smallest absolute Gasteiger partial charge is 0.229 e. The fourth-order valence-electron chi connectivity index (χ4n) is 3.65. The van der Waals surface area contributed by atoms with E-state index in [-0.39, 0.29) is 5.82 Å². The van der Waals surface area contributed by atoms with E-state index in [4.69, 9.17) is 10.7 Å². The third-order valence-corrected chi connectivity index (χ3v) is 6.14. The minimum Gasteiger partial charge on any atom is -0.369 e. The molecule has 0 saturated heterocycles. The number of carbonyl (C=O) groups excluding carboxylic acids is 2. The fraction of sp³-hybridized carbons (Fsp3) is 0.120. The predicted octanol–water partition coefficient (Wildman–Crippen LogP) is 4.43. The SMILES string of the molecule is NC(=O)C(c1cccnc1)c1ccc(-c2sccc2C=O)nc1NCCc1cccc(F)c1. The lowest BCUT2D eigenvalue weighted by atomic mass is 9.91. The van der Waals surface area contributed by atoms with Crippen LogP contribution in [0.1, 0.15) is 33.0 Å². The van der Waals surface area contributed by atoms with E-state index in [0.29, 0.717) is 41.2 Å². The predicted molar refractivity (Wildman–Crippen MR) is 127 cm³/mol. The molecule has 1 aromatic carbocycles. The van der Waals surface area contributed by atoms with Crippen LogP contribution in [0.2, 0.25) is 0 Å². The molecular formula is C25H21FN4O2S. The summed E-state index contributed by atoms with van der Waals surface area (Å²) in [6.07, 6.45) is 4.57. The highest BCUT2D eigenvalue weighted by atomic mass is 32.1. The molecule has 166 valence electrons. The van der Waals surface area contributed by atoms with Crippen LogP contribution >= 0.6 is 11.3 Å². The van der Waals surface area contributed by atoms with Crippen molar-refractivity contribution >= 4 is 29.3 Å². The van der Waals surface area contributed by atoms with Gasteiger partial charge in [0.05, 0.1) is 16.5 Å². The van der Waals surface area contributed by atoms with Gasteiger partial charge in [0.1, 0.15) is 11.6 Å². The van der Waals surface area contributed by atoms with E-state index < -0.39 is 11.8 Å². The van der Waals surface area contributed by atoms with Crippen LogP contribution in [0.25, 0.3) is 10.6 Å². The fourth-order valence-corrected chi connectivity index (χ4v) is 4.49. The quantitative estimate of drug-likeness (QED) is 0.360. The minimum absolute atomic E-state index is 0.294. The largest absolute Gasteiger partial charge is 0.369 e. The molecule has 3 aromatic heterocycles. The highest BCUT2D eigenvalue weighted by molar-refractivity contribution is 7.13. The maximum absolute atomic E-state index is 13.5. The number of anilines is 1. The van der Waals surface area contributed by atoms with Gasteiger partial charge in [-0.2, -0.15) is 0 Å². The second-order valence-electron chi connectivity index (χ2n) is 7.39.